The van der Waals surface area contributed by atoms with Crippen molar-refractivity contribution < 1.29 is 29.3 Å². The van der Waals surface area contributed by atoms with Crippen LogP contribution in [0.1, 0.15) is 33.4 Å². The number of aromatic nitrogens is 4. The van der Waals surface area contributed by atoms with Gasteiger partial charge < -0.3 is 30.7 Å². The molecule has 3 rings (SSSR count). The number of carbonyl (C=O) groups excluding carboxylic acids is 2. The molecule has 0 saturated carbocycles. The van der Waals surface area contributed by atoms with Crippen LogP contribution in [-0.2, 0) is 19.1 Å². The lowest BCUT2D eigenvalue weighted by Crippen LogP contribution is -2.42. The summed E-state index contributed by atoms with van der Waals surface area (Å²) in [5.41, 5.74) is 6.57. The molecule has 1 aliphatic rings. The second-order valence-electron chi connectivity index (χ2n) is 7.73. The van der Waals surface area contributed by atoms with Gasteiger partial charge in [-0.25, -0.2) is 19.7 Å². The van der Waals surface area contributed by atoms with Gasteiger partial charge in [0.05, 0.1) is 18.5 Å². The Balaban J connectivity index is 1.57. The van der Waals surface area contributed by atoms with E-state index in [1.54, 1.807) is 13.8 Å². The van der Waals surface area contributed by atoms with Gasteiger partial charge in [0.25, 0.3) is 0 Å². The van der Waals surface area contributed by atoms with E-state index in [4.69, 9.17) is 15.2 Å². The number of imidazole rings is 1. The Kier molecular flexibility index (Phi) is 7.87. The van der Waals surface area contributed by atoms with Gasteiger partial charge in [0.1, 0.15) is 30.1 Å². The summed E-state index contributed by atoms with van der Waals surface area (Å²) in [6, 6.07) is -0.752. The highest BCUT2D eigenvalue weighted by atomic mass is 32.2. The number of nitrogens with zero attached hydrogens (tertiary/aromatic N) is 4. The summed E-state index contributed by atoms with van der Waals surface area (Å²) >= 11 is 1.43. The summed E-state index contributed by atoms with van der Waals surface area (Å²) in [7, 11) is 0. The summed E-state index contributed by atoms with van der Waals surface area (Å²) in [4.78, 5) is 35.7. The third-order valence-electron chi connectivity index (χ3n) is 4.85. The topological polar surface area (TPSA) is 175 Å². The first-order valence-electron chi connectivity index (χ1n) is 10.2. The minimum Gasteiger partial charge on any atom is -0.461 e. The number of amides is 1. The van der Waals surface area contributed by atoms with E-state index in [2.05, 4.69) is 20.3 Å². The van der Waals surface area contributed by atoms with Gasteiger partial charge >= 0.3 is 5.97 Å². The number of aliphatic hydroxyl groups is 2. The summed E-state index contributed by atoms with van der Waals surface area (Å²) < 4.78 is 12.6. The van der Waals surface area contributed by atoms with E-state index in [0.29, 0.717) is 29.1 Å². The first kappa shape index (κ1) is 24.2. The first-order valence-corrected chi connectivity index (χ1v) is 11.3. The van der Waals surface area contributed by atoms with Crippen molar-refractivity contribution in [2.75, 3.05) is 17.2 Å². The van der Waals surface area contributed by atoms with Crippen molar-refractivity contribution in [3.05, 3.63) is 12.7 Å². The Morgan fingerprint density at radius 2 is 2.06 bits per heavy atom. The van der Waals surface area contributed by atoms with Crippen LogP contribution in [0.4, 0.5) is 5.82 Å². The molecule has 1 fully saturated rings. The highest BCUT2D eigenvalue weighted by Crippen LogP contribution is 2.33. The molecule has 3 heterocycles. The number of nitrogen functional groups attached to an aromatic ring is 1. The van der Waals surface area contributed by atoms with Crippen molar-refractivity contribution in [3.63, 3.8) is 0 Å². The number of hydrogen-bond acceptors (Lipinski definition) is 11. The van der Waals surface area contributed by atoms with E-state index in [1.807, 2.05) is 0 Å². The second-order valence-corrected chi connectivity index (χ2v) is 8.88. The third-order valence-corrected chi connectivity index (χ3v) is 5.93. The molecule has 0 radical (unpaired) electrons. The zero-order chi connectivity index (χ0) is 23.4. The van der Waals surface area contributed by atoms with E-state index in [9.17, 15) is 19.8 Å². The van der Waals surface area contributed by atoms with Gasteiger partial charge in [-0.05, 0) is 26.0 Å². The average molecular weight is 469 g/mol. The van der Waals surface area contributed by atoms with E-state index < -0.39 is 36.6 Å². The fourth-order valence-corrected chi connectivity index (χ4v) is 4.44. The zero-order valence-electron chi connectivity index (χ0n) is 18.0. The van der Waals surface area contributed by atoms with Crippen LogP contribution in [0.2, 0.25) is 0 Å². The van der Waals surface area contributed by atoms with Crippen LogP contribution in [0.15, 0.2) is 12.7 Å². The molecule has 32 heavy (non-hydrogen) atoms. The van der Waals surface area contributed by atoms with Crippen LogP contribution in [0.25, 0.3) is 11.2 Å². The largest absolute Gasteiger partial charge is 0.461 e. The van der Waals surface area contributed by atoms with Crippen LogP contribution in [0.5, 0.6) is 0 Å². The number of ether oxygens (including phenoxy) is 2. The van der Waals surface area contributed by atoms with Gasteiger partial charge in [0.2, 0.25) is 5.91 Å². The van der Waals surface area contributed by atoms with Crippen molar-refractivity contribution in [3.8, 4) is 0 Å². The van der Waals surface area contributed by atoms with Gasteiger partial charge in [-0.2, -0.15) is 11.8 Å². The Bertz CT molecular complexity index is 956. The number of aliphatic hydroxyl groups excluding tert-OH is 2. The molecule has 12 nitrogen and oxygen atoms in total. The van der Waals surface area contributed by atoms with Crippen molar-refractivity contribution in [2.24, 2.45) is 0 Å². The Morgan fingerprint density at radius 3 is 2.75 bits per heavy atom. The quantitative estimate of drug-likeness (QED) is 0.278. The highest BCUT2D eigenvalue weighted by molar-refractivity contribution is 7.99. The van der Waals surface area contributed by atoms with Crippen LogP contribution >= 0.6 is 11.8 Å². The predicted octanol–water partition coefficient (Wildman–Crippen LogP) is -0.393. The van der Waals surface area contributed by atoms with Crippen molar-refractivity contribution >= 4 is 40.6 Å². The number of hydrogen-bond donors (Lipinski definition) is 4. The maximum absolute atomic E-state index is 12.2. The molecule has 5 N–H and O–H groups in total. The fourth-order valence-electron chi connectivity index (χ4n) is 3.36. The molecule has 13 heteroatoms. The summed E-state index contributed by atoms with van der Waals surface area (Å²) in [6.45, 7) is 4.81. The predicted molar refractivity (Wildman–Crippen MR) is 116 cm³/mol. The number of thioether (sulfide) groups is 1. The number of esters is 1. The molecule has 0 aromatic carbocycles. The Morgan fingerprint density at radius 1 is 1.31 bits per heavy atom. The minimum atomic E-state index is -1.19. The third kappa shape index (κ3) is 5.46. The first-order chi connectivity index (χ1) is 15.2. The van der Waals surface area contributed by atoms with E-state index in [-0.39, 0.29) is 17.8 Å². The Hall–Kier alpha value is -2.48. The standard InChI is InChI=1S/C19H28N6O6S/c1-9(2)30-19(29)11(24-10(3)26)4-5-32-6-12-14(27)15(28)18(31-12)25-8-23-13-16(20)21-7-22-17(13)25/h7-9,11-12,14-15,18,27-28H,4-6H2,1-3H3,(H,24,26)(H2,20,21,22)/t11-,12+,14+,15+,18+/m0/s1. The smallest absolute Gasteiger partial charge is 0.328 e. The molecule has 1 amide bonds. The average Bonchev–Trinajstić information content (AvgIpc) is 3.26. The molecule has 2 aromatic heterocycles. The maximum atomic E-state index is 12.2. The highest BCUT2D eigenvalue weighted by Gasteiger charge is 2.44. The van der Waals surface area contributed by atoms with Crippen LogP contribution in [0, 0.1) is 0 Å². The normalized spacial score (nSPS) is 24.1. The lowest BCUT2D eigenvalue weighted by Gasteiger charge is -2.19. The van der Waals surface area contributed by atoms with Gasteiger partial charge in [-0.1, -0.05) is 0 Å². The van der Waals surface area contributed by atoms with E-state index >= 15 is 0 Å². The number of rotatable bonds is 9. The van der Waals surface area contributed by atoms with Crippen molar-refractivity contribution in [2.45, 2.75) is 63.9 Å². The summed E-state index contributed by atoms with van der Waals surface area (Å²) in [5, 5.41) is 23.6. The van der Waals surface area contributed by atoms with Crippen LogP contribution < -0.4 is 11.1 Å². The lowest BCUT2D eigenvalue weighted by atomic mass is 10.1. The molecule has 2 aromatic rings. The number of nitrogens with one attached hydrogen (secondary N) is 1. The van der Waals surface area contributed by atoms with Crippen LogP contribution in [0.3, 0.4) is 0 Å². The second kappa shape index (κ2) is 10.4. The van der Waals surface area contributed by atoms with Crippen LogP contribution in [-0.4, -0.2) is 83.6 Å². The maximum Gasteiger partial charge on any atom is 0.328 e. The molecule has 1 aliphatic heterocycles. The number of carbonyl (C=O) groups is 2. The molecular weight excluding hydrogens is 440 g/mol. The Labute approximate surface area is 188 Å². The molecule has 0 aliphatic carbocycles. The summed E-state index contributed by atoms with van der Waals surface area (Å²) in [5.74, 6) is 0.266. The molecule has 5 atom stereocenters. The lowest BCUT2D eigenvalue weighted by molar-refractivity contribution is -0.151. The van der Waals surface area contributed by atoms with E-state index in [1.165, 1.54) is 35.9 Å². The fraction of sp³-hybridized carbons (Fsp3) is 0.632. The summed E-state index contributed by atoms with van der Waals surface area (Å²) in [6.07, 6.45) is -1.06. The SMILES string of the molecule is CC(=O)N[C@@H](CCSC[C@H]1O[C@@H](n2cnc3c(N)ncnc32)[C@H](O)[C@@H]1O)C(=O)OC(C)C. The molecule has 1 saturated heterocycles. The molecular formula is C19H28N6O6S. The number of nitrogens with two attached hydrogens (primary N) is 1. The minimum absolute atomic E-state index is 0.207. The van der Waals surface area contributed by atoms with Gasteiger partial charge in [-0.3, -0.25) is 9.36 Å². The number of anilines is 1. The van der Waals surface area contributed by atoms with E-state index in [0.717, 1.165) is 0 Å². The molecule has 0 unspecified atom stereocenters. The molecule has 176 valence electrons. The zero-order valence-corrected chi connectivity index (χ0v) is 18.9. The van der Waals surface area contributed by atoms with Gasteiger partial charge in [-0.15, -0.1) is 0 Å². The van der Waals surface area contributed by atoms with Crippen molar-refractivity contribution in [1.29, 1.82) is 0 Å². The molecule has 0 bridgehead atoms. The van der Waals surface area contributed by atoms with Crippen molar-refractivity contribution in [1.82, 2.24) is 24.8 Å². The monoisotopic (exact) mass is 468 g/mol. The van der Waals surface area contributed by atoms with Gasteiger partial charge in [0, 0.05) is 12.7 Å². The number of fused-ring (bicyclic) bond motifs is 1. The molecule has 0 spiro atoms. The van der Waals surface area contributed by atoms with Gasteiger partial charge in [0.15, 0.2) is 17.7 Å².